The highest BCUT2D eigenvalue weighted by Crippen LogP contribution is 2.49. The van der Waals surface area contributed by atoms with Gasteiger partial charge in [-0.3, -0.25) is 9.59 Å². The SMILES string of the molecule is C=CCC1(S(=O)(=O)n2cc(C)c3c(C(=O)CCc4c(C)cc(C)[nH]c4=O)cc(-c4ccc(CN(C)C)cc4F)cc32)CC1. The van der Waals surface area contributed by atoms with Crippen LogP contribution >= 0.6 is 0 Å². The van der Waals surface area contributed by atoms with Crippen LogP contribution in [0.2, 0.25) is 0 Å². The van der Waals surface area contributed by atoms with E-state index in [1.807, 2.05) is 38.1 Å². The maximum absolute atomic E-state index is 15.6. The first kappa shape index (κ1) is 30.6. The number of benzene rings is 2. The number of hydrogen-bond acceptors (Lipinski definition) is 5. The van der Waals surface area contributed by atoms with Gasteiger partial charge in [0.2, 0.25) is 10.0 Å². The van der Waals surface area contributed by atoms with Crippen LogP contribution < -0.4 is 5.56 Å². The lowest BCUT2D eigenvalue weighted by Crippen LogP contribution is -2.28. The number of pyridine rings is 1. The van der Waals surface area contributed by atoms with Gasteiger partial charge in [-0.15, -0.1) is 6.58 Å². The van der Waals surface area contributed by atoms with Gasteiger partial charge in [-0.25, -0.2) is 16.8 Å². The predicted molar refractivity (Wildman–Crippen MR) is 170 cm³/mol. The van der Waals surface area contributed by atoms with Crippen LogP contribution in [0.5, 0.6) is 0 Å². The number of Topliss-reactive ketones (excluding diaryl/α,β-unsaturated/α-hetero) is 1. The molecular weight excluding hydrogens is 565 g/mol. The highest BCUT2D eigenvalue weighted by Gasteiger charge is 2.54. The molecular formula is C34H38FN3O4S. The number of rotatable bonds is 11. The molecule has 2 aromatic heterocycles. The first-order chi connectivity index (χ1) is 20.3. The van der Waals surface area contributed by atoms with Crippen molar-refractivity contribution in [3.8, 4) is 11.1 Å². The van der Waals surface area contributed by atoms with Crippen molar-refractivity contribution in [1.82, 2.24) is 13.9 Å². The maximum atomic E-state index is 15.6. The van der Waals surface area contributed by atoms with E-state index in [0.29, 0.717) is 59.0 Å². The molecule has 1 fully saturated rings. The number of H-pyrrole nitrogens is 1. The largest absolute Gasteiger partial charge is 0.326 e. The van der Waals surface area contributed by atoms with Crippen molar-refractivity contribution >= 4 is 26.7 Å². The number of aromatic amines is 1. The summed E-state index contributed by atoms with van der Waals surface area (Å²) in [5.74, 6) is -0.705. The second-order valence-electron chi connectivity index (χ2n) is 12.1. The highest BCUT2D eigenvalue weighted by molar-refractivity contribution is 7.91. The van der Waals surface area contributed by atoms with E-state index < -0.39 is 20.6 Å². The third kappa shape index (κ3) is 5.63. The standard InChI is InChI=1S/C34H38FN3O4S/c1-7-12-34(13-14-34)43(41,42)38-19-22(3)32-28(31(39)11-10-26-21(2)15-23(4)36-33(26)40)17-25(18-30(32)38)27-9-8-24(16-29(27)35)20-37(5)6/h7-9,15-19H,1,10-14,20H2,2-6H3,(H,36,40). The van der Waals surface area contributed by atoms with Gasteiger partial charge in [0.1, 0.15) is 5.82 Å². The molecule has 0 amide bonds. The average molecular weight is 604 g/mol. The van der Waals surface area contributed by atoms with Crippen LogP contribution in [-0.4, -0.2) is 46.9 Å². The topological polar surface area (TPSA) is 92.2 Å². The molecule has 0 bridgehead atoms. The molecule has 0 aliphatic heterocycles. The molecule has 7 nitrogen and oxygen atoms in total. The predicted octanol–water partition coefficient (Wildman–Crippen LogP) is 6.22. The van der Waals surface area contributed by atoms with E-state index in [1.165, 1.54) is 10.0 Å². The summed E-state index contributed by atoms with van der Waals surface area (Å²) < 4.78 is 43.9. The van der Waals surface area contributed by atoms with Crippen molar-refractivity contribution in [3.05, 3.63) is 105 Å². The third-order valence-corrected chi connectivity index (χ3v) is 10.9. The Hall–Kier alpha value is -3.82. The van der Waals surface area contributed by atoms with Gasteiger partial charge in [0.25, 0.3) is 5.56 Å². The van der Waals surface area contributed by atoms with Gasteiger partial charge < -0.3 is 9.88 Å². The number of allylic oxidation sites excluding steroid dienone is 1. The van der Waals surface area contributed by atoms with E-state index in [9.17, 15) is 18.0 Å². The Morgan fingerprint density at radius 3 is 2.44 bits per heavy atom. The fourth-order valence-corrected chi connectivity index (χ4v) is 8.16. The number of fused-ring (bicyclic) bond motifs is 1. The van der Waals surface area contributed by atoms with Crippen molar-refractivity contribution in [2.45, 2.75) is 64.2 Å². The van der Waals surface area contributed by atoms with Crippen LogP contribution in [-0.2, 0) is 23.0 Å². The summed E-state index contributed by atoms with van der Waals surface area (Å²) in [4.78, 5) is 31.3. The first-order valence-electron chi connectivity index (χ1n) is 14.5. The molecule has 43 heavy (non-hydrogen) atoms. The van der Waals surface area contributed by atoms with E-state index in [2.05, 4.69) is 11.6 Å². The van der Waals surface area contributed by atoms with Gasteiger partial charge >= 0.3 is 0 Å². The van der Waals surface area contributed by atoms with Crippen molar-refractivity contribution < 1.29 is 17.6 Å². The molecule has 0 unspecified atom stereocenters. The molecule has 9 heteroatoms. The van der Waals surface area contributed by atoms with Crippen LogP contribution in [0.3, 0.4) is 0 Å². The van der Waals surface area contributed by atoms with Crippen LogP contribution in [0.25, 0.3) is 22.0 Å². The summed E-state index contributed by atoms with van der Waals surface area (Å²) in [7, 11) is -0.0437. The Labute approximate surface area is 252 Å². The molecule has 2 heterocycles. The lowest BCUT2D eigenvalue weighted by Gasteiger charge is -2.17. The molecule has 1 N–H and O–H groups in total. The Bertz CT molecular complexity index is 1930. The van der Waals surface area contributed by atoms with Gasteiger partial charge in [-0.05, 0) is 107 Å². The van der Waals surface area contributed by atoms with E-state index in [0.717, 1.165) is 16.8 Å². The van der Waals surface area contributed by atoms with E-state index in [4.69, 9.17) is 0 Å². The van der Waals surface area contributed by atoms with Crippen molar-refractivity contribution in [1.29, 1.82) is 0 Å². The summed E-state index contributed by atoms with van der Waals surface area (Å²) >= 11 is 0. The molecule has 226 valence electrons. The van der Waals surface area contributed by atoms with Crippen LogP contribution in [0.15, 0.2) is 60.0 Å². The summed E-state index contributed by atoms with van der Waals surface area (Å²) in [6, 6.07) is 10.2. The Morgan fingerprint density at radius 1 is 1.12 bits per heavy atom. The number of nitrogens with zero attached hydrogens (tertiary/aromatic N) is 2. The van der Waals surface area contributed by atoms with Gasteiger partial charge in [0, 0.05) is 46.9 Å². The van der Waals surface area contributed by atoms with Gasteiger partial charge in [-0.1, -0.05) is 18.2 Å². The van der Waals surface area contributed by atoms with Crippen molar-refractivity contribution in [2.24, 2.45) is 0 Å². The van der Waals surface area contributed by atoms with Crippen LogP contribution in [0, 0.1) is 26.6 Å². The number of carbonyl (C=O) groups excluding carboxylic acids is 1. The zero-order valence-corrected chi connectivity index (χ0v) is 26.2. The van der Waals surface area contributed by atoms with E-state index >= 15 is 4.39 Å². The lowest BCUT2D eigenvalue weighted by atomic mass is 9.93. The molecule has 0 radical (unpaired) electrons. The van der Waals surface area contributed by atoms with Gasteiger partial charge in [0.05, 0.1) is 10.3 Å². The molecule has 1 saturated carbocycles. The van der Waals surface area contributed by atoms with E-state index in [-0.39, 0.29) is 29.7 Å². The summed E-state index contributed by atoms with van der Waals surface area (Å²) in [5, 5.41) is 0.519. The normalized spacial score (nSPS) is 14.4. The van der Waals surface area contributed by atoms with Crippen molar-refractivity contribution in [3.63, 3.8) is 0 Å². The summed E-state index contributed by atoms with van der Waals surface area (Å²) in [6.07, 6.45) is 4.83. The fraction of sp³-hybridized carbons (Fsp3) is 0.353. The van der Waals surface area contributed by atoms with E-state index in [1.54, 1.807) is 44.3 Å². The maximum Gasteiger partial charge on any atom is 0.251 e. The molecule has 1 aliphatic carbocycles. The molecule has 0 spiro atoms. The first-order valence-corrected chi connectivity index (χ1v) is 15.9. The smallest absolute Gasteiger partial charge is 0.251 e. The Morgan fingerprint density at radius 2 is 1.84 bits per heavy atom. The monoisotopic (exact) mass is 603 g/mol. The number of aryl methyl sites for hydroxylation is 3. The number of halogens is 1. The molecule has 2 aromatic carbocycles. The van der Waals surface area contributed by atoms with Gasteiger partial charge in [-0.2, -0.15) is 0 Å². The third-order valence-electron chi connectivity index (χ3n) is 8.43. The minimum absolute atomic E-state index is 0.0353. The quantitative estimate of drug-likeness (QED) is 0.162. The number of nitrogens with one attached hydrogen (secondary N) is 1. The minimum atomic E-state index is -3.85. The number of aromatic nitrogens is 2. The highest BCUT2D eigenvalue weighted by atomic mass is 32.2. The molecule has 1 aliphatic rings. The summed E-state index contributed by atoms with van der Waals surface area (Å²) in [6.45, 7) is 9.75. The number of carbonyl (C=O) groups is 1. The molecule has 0 atom stereocenters. The number of ketones is 1. The Kier molecular flexibility index (Phi) is 8.09. The number of hydrogen-bond donors (Lipinski definition) is 1. The van der Waals surface area contributed by atoms with Gasteiger partial charge in [0.15, 0.2) is 5.78 Å². The summed E-state index contributed by atoms with van der Waals surface area (Å²) in [5.41, 5.74) is 4.63. The molecule has 0 saturated heterocycles. The lowest BCUT2D eigenvalue weighted by molar-refractivity contribution is 0.0984. The fourth-order valence-electron chi connectivity index (χ4n) is 6.10. The zero-order chi connectivity index (χ0) is 31.3. The van der Waals surface area contributed by atoms with Crippen molar-refractivity contribution in [2.75, 3.05) is 14.1 Å². The second-order valence-corrected chi connectivity index (χ2v) is 14.3. The molecule has 5 rings (SSSR count). The van der Waals surface area contributed by atoms with Crippen LogP contribution in [0.4, 0.5) is 4.39 Å². The minimum Gasteiger partial charge on any atom is -0.326 e. The molecule has 4 aromatic rings. The average Bonchev–Trinajstić information content (AvgIpc) is 3.64. The Balaban J connectivity index is 1.67. The zero-order valence-electron chi connectivity index (χ0n) is 25.4. The second kappa shape index (κ2) is 11.4. The van der Waals surface area contributed by atoms with Crippen LogP contribution in [0.1, 0.15) is 64.0 Å².